The van der Waals surface area contributed by atoms with Crippen molar-refractivity contribution >= 4 is 23.2 Å². The number of carbonyl (C=O) groups is 1. The molecular formula is C22H18ClNO. The summed E-state index contributed by atoms with van der Waals surface area (Å²) in [5.74, 6) is -0.0290. The van der Waals surface area contributed by atoms with Crippen LogP contribution in [0, 0.1) is 6.92 Å². The van der Waals surface area contributed by atoms with Crippen molar-refractivity contribution in [3.63, 3.8) is 0 Å². The van der Waals surface area contributed by atoms with E-state index in [1.165, 1.54) is 5.56 Å². The molecule has 0 bridgehead atoms. The van der Waals surface area contributed by atoms with Gasteiger partial charge in [-0.15, -0.1) is 0 Å². The molecule has 3 heteroatoms. The van der Waals surface area contributed by atoms with E-state index >= 15 is 0 Å². The highest BCUT2D eigenvalue weighted by Crippen LogP contribution is 2.48. The van der Waals surface area contributed by atoms with Gasteiger partial charge in [0.25, 0.3) is 0 Å². The summed E-state index contributed by atoms with van der Waals surface area (Å²) >= 11 is 6.01. The van der Waals surface area contributed by atoms with E-state index in [1.807, 2.05) is 59.5 Å². The first-order valence-corrected chi connectivity index (χ1v) is 8.73. The lowest BCUT2D eigenvalue weighted by molar-refractivity contribution is -0.126. The summed E-state index contributed by atoms with van der Waals surface area (Å²) in [5, 5.41) is 0.670. The van der Waals surface area contributed by atoms with Crippen molar-refractivity contribution in [2.24, 2.45) is 0 Å². The van der Waals surface area contributed by atoms with Crippen molar-refractivity contribution in [2.75, 3.05) is 4.90 Å². The van der Waals surface area contributed by atoms with E-state index < -0.39 is 0 Å². The molecule has 124 valence electrons. The summed E-state index contributed by atoms with van der Waals surface area (Å²) in [4.78, 5) is 14.9. The molecule has 3 aromatic rings. The molecule has 4 rings (SSSR count). The SMILES string of the molecule is Cc1ccc(C2C(c3ccccc3)C(=O)N2c2ccc(Cl)cc2)cc1. The number of rotatable bonds is 3. The largest absolute Gasteiger partial charge is 0.303 e. The molecule has 1 saturated heterocycles. The van der Waals surface area contributed by atoms with Crippen molar-refractivity contribution in [1.82, 2.24) is 0 Å². The third kappa shape index (κ3) is 2.83. The second kappa shape index (κ2) is 6.38. The van der Waals surface area contributed by atoms with Gasteiger partial charge in [0.15, 0.2) is 0 Å². The van der Waals surface area contributed by atoms with Crippen molar-refractivity contribution < 1.29 is 4.79 Å². The quantitative estimate of drug-likeness (QED) is 0.571. The maximum atomic E-state index is 13.0. The van der Waals surface area contributed by atoms with Crippen LogP contribution in [0.5, 0.6) is 0 Å². The highest BCUT2D eigenvalue weighted by Gasteiger charge is 2.49. The number of halogens is 1. The molecule has 2 nitrogen and oxygen atoms in total. The summed E-state index contributed by atoms with van der Waals surface area (Å²) in [5.41, 5.74) is 4.30. The van der Waals surface area contributed by atoms with Crippen molar-refractivity contribution in [1.29, 1.82) is 0 Å². The lowest BCUT2D eigenvalue weighted by Crippen LogP contribution is -2.53. The van der Waals surface area contributed by atoms with Crippen LogP contribution in [0.25, 0.3) is 0 Å². The van der Waals surface area contributed by atoms with Gasteiger partial charge in [-0.1, -0.05) is 71.8 Å². The van der Waals surface area contributed by atoms with Gasteiger partial charge in [0.1, 0.15) is 0 Å². The average Bonchev–Trinajstić information content (AvgIpc) is 2.63. The summed E-state index contributed by atoms with van der Waals surface area (Å²) in [6, 6.07) is 25.9. The van der Waals surface area contributed by atoms with E-state index in [2.05, 4.69) is 31.2 Å². The molecule has 0 spiro atoms. The number of hydrogen-bond acceptors (Lipinski definition) is 1. The monoisotopic (exact) mass is 347 g/mol. The van der Waals surface area contributed by atoms with Gasteiger partial charge >= 0.3 is 0 Å². The summed E-state index contributed by atoms with van der Waals surface area (Å²) in [6.07, 6.45) is 0. The molecule has 0 aliphatic carbocycles. The zero-order valence-corrected chi connectivity index (χ0v) is 14.6. The Morgan fingerprint density at radius 3 is 2.08 bits per heavy atom. The van der Waals surface area contributed by atoms with Gasteiger partial charge in [0.2, 0.25) is 5.91 Å². The van der Waals surface area contributed by atoms with Crippen LogP contribution in [-0.4, -0.2) is 5.91 Å². The number of anilines is 1. The average molecular weight is 348 g/mol. The van der Waals surface area contributed by atoms with Crippen molar-refractivity contribution in [2.45, 2.75) is 18.9 Å². The highest BCUT2D eigenvalue weighted by molar-refractivity contribution is 6.30. The molecule has 25 heavy (non-hydrogen) atoms. The molecule has 1 heterocycles. The molecule has 1 fully saturated rings. The topological polar surface area (TPSA) is 20.3 Å². The molecule has 1 aliphatic heterocycles. The fourth-order valence-electron chi connectivity index (χ4n) is 3.47. The van der Waals surface area contributed by atoms with Crippen LogP contribution in [0.15, 0.2) is 78.9 Å². The minimum absolute atomic E-state index is 0.00308. The van der Waals surface area contributed by atoms with E-state index in [0.717, 1.165) is 16.8 Å². The molecule has 2 atom stereocenters. The Labute approximate surface area is 152 Å². The number of nitrogens with zero attached hydrogens (tertiary/aromatic N) is 1. The van der Waals surface area contributed by atoms with E-state index in [1.54, 1.807) is 0 Å². The predicted molar refractivity (Wildman–Crippen MR) is 102 cm³/mol. The Bertz CT molecular complexity index is 888. The molecule has 0 radical (unpaired) electrons. The Kier molecular flexibility index (Phi) is 4.06. The lowest BCUT2D eigenvalue weighted by atomic mass is 9.77. The number of β-lactam (4-membered cyclic amide) rings is 1. The Balaban J connectivity index is 1.77. The Hall–Kier alpha value is -2.58. The van der Waals surface area contributed by atoms with E-state index in [-0.39, 0.29) is 17.9 Å². The van der Waals surface area contributed by atoms with Gasteiger partial charge in [-0.2, -0.15) is 0 Å². The van der Waals surface area contributed by atoms with Crippen molar-refractivity contribution in [3.8, 4) is 0 Å². The van der Waals surface area contributed by atoms with Crippen LogP contribution in [0.2, 0.25) is 5.02 Å². The lowest BCUT2D eigenvalue weighted by Gasteiger charge is -2.47. The van der Waals surface area contributed by atoms with Gasteiger partial charge in [0.05, 0.1) is 12.0 Å². The van der Waals surface area contributed by atoms with Crippen LogP contribution in [0.3, 0.4) is 0 Å². The second-order valence-electron chi connectivity index (χ2n) is 6.43. The zero-order chi connectivity index (χ0) is 17.4. The van der Waals surface area contributed by atoms with Crippen LogP contribution < -0.4 is 4.90 Å². The second-order valence-corrected chi connectivity index (χ2v) is 6.86. The molecule has 1 aliphatic rings. The summed E-state index contributed by atoms with van der Waals surface area (Å²) < 4.78 is 0. The smallest absolute Gasteiger partial charge is 0.237 e. The van der Waals surface area contributed by atoms with Gasteiger partial charge in [0, 0.05) is 10.7 Å². The number of hydrogen-bond donors (Lipinski definition) is 0. The number of aryl methyl sites for hydroxylation is 1. The number of amides is 1. The zero-order valence-electron chi connectivity index (χ0n) is 13.9. The third-order valence-electron chi connectivity index (χ3n) is 4.78. The van der Waals surface area contributed by atoms with Gasteiger partial charge in [-0.3, -0.25) is 4.79 Å². The fraction of sp³-hybridized carbons (Fsp3) is 0.136. The predicted octanol–water partition coefficient (Wildman–Crippen LogP) is 5.52. The molecule has 1 amide bonds. The van der Waals surface area contributed by atoms with E-state index in [0.29, 0.717) is 5.02 Å². The van der Waals surface area contributed by atoms with Gasteiger partial charge in [-0.05, 0) is 42.3 Å². The maximum absolute atomic E-state index is 13.0. The standard InChI is InChI=1S/C22H18ClNO/c1-15-7-9-17(10-8-15)21-20(16-5-3-2-4-6-16)22(25)24(21)19-13-11-18(23)12-14-19/h2-14,20-21H,1H3. The molecule has 0 aromatic heterocycles. The molecule has 3 aromatic carbocycles. The van der Waals surface area contributed by atoms with Crippen LogP contribution in [0.4, 0.5) is 5.69 Å². The summed E-state index contributed by atoms with van der Waals surface area (Å²) in [7, 11) is 0. The minimum atomic E-state index is -0.153. The Morgan fingerprint density at radius 2 is 1.44 bits per heavy atom. The van der Waals surface area contributed by atoms with Crippen LogP contribution in [0.1, 0.15) is 28.7 Å². The van der Waals surface area contributed by atoms with Crippen molar-refractivity contribution in [3.05, 3.63) is 101 Å². The number of benzene rings is 3. The Morgan fingerprint density at radius 1 is 0.800 bits per heavy atom. The van der Waals surface area contributed by atoms with Crippen LogP contribution in [-0.2, 0) is 4.79 Å². The van der Waals surface area contributed by atoms with Gasteiger partial charge in [-0.25, -0.2) is 0 Å². The molecule has 0 saturated carbocycles. The molecule has 0 N–H and O–H groups in total. The maximum Gasteiger partial charge on any atom is 0.237 e. The third-order valence-corrected chi connectivity index (χ3v) is 5.03. The van der Waals surface area contributed by atoms with E-state index in [9.17, 15) is 4.79 Å². The normalized spacial score (nSPS) is 19.6. The molecule has 2 unspecified atom stereocenters. The number of carbonyl (C=O) groups excluding carboxylic acids is 1. The minimum Gasteiger partial charge on any atom is -0.303 e. The van der Waals surface area contributed by atoms with Crippen LogP contribution >= 0.6 is 11.6 Å². The molecular weight excluding hydrogens is 330 g/mol. The fourth-order valence-corrected chi connectivity index (χ4v) is 3.59. The summed E-state index contributed by atoms with van der Waals surface area (Å²) in [6.45, 7) is 2.07. The van der Waals surface area contributed by atoms with E-state index in [4.69, 9.17) is 11.6 Å². The first-order chi connectivity index (χ1) is 12.1. The van der Waals surface area contributed by atoms with Gasteiger partial charge < -0.3 is 4.90 Å². The highest BCUT2D eigenvalue weighted by atomic mass is 35.5. The first-order valence-electron chi connectivity index (χ1n) is 8.35. The first kappa shape index (κ1) is 15.9.